The van der Waals surface area contributed by atoms with Crippen LogP contribution in [-0.4, -0.2) is 27.8 Å². The number of carbonyl (C=O) groups excluding carboxylic acids is 1. The Morgan fingerprint density at radius 3 is 2.77 bits per heavy atom. The molecule has 0 spiro atoms. The van der Waals surface area contributed by atoms with Gasteiger partial charge in [0.15, 0.2) is 0 Å². The van der Waals surface area contributed by atoms with Crippen molar-refractivity contribution in [1.29, 1.82) is 0 Å². The Hall–Kier alpha value is -2.69. The van der Waals surface area contributed by atoms with Crippen molar-refractivity contribution < 1.29 is 9.53 Å². The van der Waals surface area contributed by atoms with Crippen LogP contribution in [0.3, 0.4) is 0 Å². The van der Waals surface area contributed by atoms with E-state index in [1.165, 1.54) is 7.11 Å². The van der Waals surface area contributed by atoms with E-state index in [4.69, 9.17) is 4.74 Å². The number of nitrogens with zero attached hydrogens (tertiary/aromatic N) is 3. The van der Waals surface area contributed by atoms with Crippen molar-refractivity contribution in [3.63, 3.8) is 0 Å². The van der Waals surface area contributed by atoms with Gasteiger partial charge in [-0.05, 0) is 26.0 Å². The minimum absolute atomic E-state index is 0.361. The zero-order valence-electron chi connectivity index (χ0n) is 12.8. The summed E-state index contributed by atoms with van der Waals surface area (Å²) < 4.78 is 6.76. The van der Waals surface area contributed by atoms with Gasteiger partial charge in [0.2, 0.25) is 0 Å². The van der Waals surface area contributed by atoms with E-state index in [-0.39, 0.29) is 5.97 Å². The second-order valence-electron chi connectivity index (χ2n) is 5.05. The Bertz CT molecular complexity index is 852. The fourth-order valence-electron chi connectivity index (χ4n) is 2.52. The fourth-order valence-corrected chi connectivity index (χ4v) is 2.52. The van der Waals surface area contributed by atoms with Gasteiger partial charge in [0, 0.05) is 23.7 Å². The summed E-state index contributed by atoms with van der Waals surface area (Å²) in [6, 6.07) is 9.34. The Balaban J connectivity index is 2.26. The van der Waals surface area contributed by atoms with Crippen LogP contribution in [0.2, 0.25) is 0 Å². The SMILES string of the molecule is CCn1cc(-c2cc(C(=O)OC)c3ccccc3n2)c(C)n1. The number of pyridine rings is 1. The predicted molar refractivity (Wildman–Crippen MR) is 84.7 cm³/mol. The van der Waals surface area contributed by atoms with E-state index < -0.39 is 0 Å². The molecule has 2 aromatic heterocycles. The number of para-hydroxylation sites is 1. The summed E-state index contributed by atoms with van der Waals surface area (Å²) in [5.74, 6) is -0.361. The molecule has 1 aromatic carbocycles. The summed E-state index contributed by atoms with van der Waals surface area (Å²) in [6.45, 7) is 4.76. The summed E-state index contributed by atoms with van der Waals surface area (Å²) in [5.41, 5.74) is 3.84. The van der Waals surface area contributed by atoms with Gasteiger partial charge in [0.05, 0.1) is 29.6 Å². The van der Waals surface area contributed by atoms with Gasteiger partial charge in [0.1, 0.15) is 0 Å². The monoisotopic (exact) mass is 295 g/mol. The third-order valence-electron chi connectivity index (χ3n) is 3.67. The van der Waals surface area contributed by atoms with Crippen molar-refractivity contribution >= 4 is 16.9 Å². The van der Waals surface area contributed by atoms with Crippen LogP contribution in [0.5, 0.6) is 0 Å². The number of esters is 1. The maximum absolute atomic E-state index is 12.1. The second-order valence-corrected chi connectivity index (χ2v) is 5.05. The van der Waals surface area contributed by atoms with Crippen LogP contribution in [0, 0.1) is 6.92 Å². The van der Waals surface area contributed by atoms with Gasteiger partial charge in [-0.2, -0.15) is 5.10 Å². The molecule has 22 heavy (non-hydrogen) atoms. The van der Waals surface area contributed by atoms with Crippen LogP contribution >= 0.6 is 0 Å². The molecule has 0 atom stereocenters. The van der Waals surface area contributed by atoms with E-state index in [0.717, 1.165) is 34.4 Å². The van der Waals surface area contributed by atoms with E-state index in [9.17, 15) is 4.79 Å². The molecule has 0 saturated heterocycles. The lowest BCUT2D eigenvalue weighted by atomic mass is 10.0. The third-order valence-corrected chi connectivity index (χ3v) is 3.67. The van der Waals surface area contributed by atoms with E-state index in [2.05, 4.69) is 10.1 Å². The Morgan fingerprint density at radius 1 is 1.32 bits per heavy atom. The molecule has 3 aromatic rings. The molecule has 0 unspecified atom stereocenters. The van der Waals surface area contributed by atoms with Crippen molar-refractivity contribution in [3.8, 4) is 11.3 Å². The number of hydrogen-bond acceptors (Lipinski definition) is 4. The molecule has 0 amide bonds. The molecular weight excluding hydrogens is 278 g/mol. The highest BCUT2D eigenvalue weighted by atomic mass is 16.5. The highest BCUT2D eigenvalue weighted by Gasteiger charge is 2.16. The molecule has 0 aliphatic carbocycles. The highest BCUT2D eigenvalue weighted by Crippen LogP contribution is 2.27. The largest absolute Gasteiger partial charge is 0.465 e. The summed E-state index contributed by atoms with van der Waals surface area (Å²) in [5, 5.41) is 5.23. The number of aryl methyl sites for hydroxylation is 2. The third kappa shape index (κ3) is 2.35. The lowest BCUT2D eigenvalue weighted by Gasteiger charge is -2.07. The molecule has 3 rings (SSSR count). The first kappa shape index (κ1) is 14.3. The van der Waals surface area contributed by atoms with E-state index >= 15 is 0 Å². The molecule has 0 aliphatic rings. The molecule has 0 radical (unpaired) electrons. The number of rotatable bonds is 3. The Labute approximate surface area is 128 Å². The van der Waals surface area contributed by atoms with Gasteiger partial charge in [-0.3, -0.25) is 4.68 Å². The lowest BCUT2D eigenvalue weighted by Crippen LogP contribution is -2.03. The Morgan fingerprint density at radius 2 is 2.09 bits per heavy atom. The summed E-state index contributed by atoms with van der Waals surface area (Å²) in [4.78, 5) is 16.8. The molecule has 0 aliphatic heterocycles. The van der Waals surface area contributed by atoms with Crippen LogP contribution in [0.25, 0.3) is 22.2 Å². The van der Waals surface area contributed by atoms with Gasteiger partial charge in [-0.1, -0.05) is 18.2 Å². The normalized spacial score (nSPS) is 10.9. The lowest BCUT2D eigenvalue weighted by molar-refractivity contribution is 0.0603. The number of aromatic nitrogens is 3. The van der Waals surface area contributed by atoms with Crippen molar-refractivity contribution in [2.45, 2.75) is 20.4 Å². The van der Waals surface area contributed by atoms with Crippen molar-refractivity contribution in [3.05, 3.63) is 47.8 Å². The topological polar surface area (TPSA) is 57.0 Å². The van der Waals surface area contributed by atoms with Crippen LogP contribution in [-0.2, 0) is 11.3 Å². The predicted octanol–water partition coefficient (Wildman–Crippen LogP) is 3.21. The zero-order valence-corrected chi connectivity index (χ0v) is 12.8. The molecule has 5 nitrogen and oxygen atoms in total. The molecule has 5 heteroatoms. The van der Waals surface area contributed by atoms with Crippen molar-refractivity contribution in [1.82, 2.24) is 14.8 Å². The molecule has 112 valence electrons. The molecule has 0 bridgehead atoms. The molecular formula is C17H17N3O2. The number of fused-ring (bicyclic) bond motifs is 1. The smallest absolute Gasteiger partial charge is 0.338 e. The molecule has 0 saturated carbocycles. The van der Waals surface area contributed by atoms with Crippen LogP contribution < -0.4 is 0 Å². The van der Waals surface area contributed by atoms with Crippen LogP contribution in [0.15, 0.2) is 36.5 Å². The van der Waals surface area contributed by atoms with E-state index in [1.54, 1.807) is 6.07 Å². The molecule has 2 heterocycles. The minimum atomic E-state index is -0.361. The number of benzene rings is 1. The molecule has 0 N–H and O–H groups in total. The van der Waals surface area contributed by atoms with Crippen LogP contribution in [0.4, 0.5) is 0 Å². The first-order chi connectivity index (χ1) is 10.6. The number of methoxy groups -OCH3 is 1. The summed E-state index contributed by atoms with van der Waals surface area (Å²) >= 11 is 0. The van der Waals surface area contributed by atoms with Crippen molar-refractivity contribution in [2.75, 3.05) is 7.11 Å². The standard InChI is InChI=1S/C17H17N3O2/c1-4-20-10-14(11(2)19-20)16-9-13(17(21)22-3)12-7-5-6-8-15(12)18-16/h5-10H,4H2,1-3H3. The fraction of sp³-hybridized carbons (Fsp3) is 0.235. The van der Waals surface area contributed by atoms with Crippen LogP contribution in [0.1, 0.15) is 23.0 Å². The zero-order chi connectivity index (χ0) is 15.7. The van der Waals surface area contributed by atoms with Gasteiger partial charge in [-0.15, -0.1) is 0 Å². The first-order valence-electron chi connectivity index (χ1n) is 7.16. The molecule has 0 fully saturated rings. The Kier molecular flexibility index (Phi) is 3.63. The van der Waals surface area contributed by atoms with E-state index in [0.29, 0.717) is 5.56 Å². The second kappa shape index (κ2) is 5.60. The van der Waals surface area contributed by atoms with E-state index in [1.807, 2.05) is 49.0 Å². The van der Waals surface area contributed by atoms with Gasteiger partial charge in [0.25, 0.3) is 0 Å². The van der Waals surface area contributed by atoms with Gasteiger partial charge < -0.3 is 4.74 Å². The van der Waals surface area contributed by atoms with Gasteiger partial charge >= 0.3 is 5.97 Å². The maximum atomic E-state index is 12.1. The quantitative estimate of drug-likeness (QED) is 0.696. The average molecular weight is 295 g/mol. The number of carbonyl (C=O) groups is 1. The first-order valence-corrected chi connectivity index (χ1v) is 7.16. The summed E-state index contributed by atoms with van der Waals surface area (Å²) in [6.07, 6.45) is 1.95. The van der Waals surface area contributed by atoms with Gasteiger partial charge in [-0.25, -0.2) is 9.78 Å². The summed E-state index contributed by atoms with van der Waals surface area (Å²) in [7, 11) is 1.39. The number of ether oxygens (including phenoxy) is 1. The average Bonchev–Trinajstić information content (AvgIpc) is 2.94. The minimum Gasteiger partial charge on any atom is -0.465 e. The van der Waals surface area contributed by atoms with Crippen molar-refractivity contribution in [2.24, 2.45) is 0 Å². The number of hydrogen-bond donors (Lipinski definition) is 0. The maximum Gasteiger partial charge on any atom is 0.338 e. The highest BCUT2D eigenvalue weighted by molar-refractivity contribution is 6.04.